The third-order valence-electron chi connectivity index (χ3n) is 5.25. The Labute approximate surface area is 196 Å². The van der Waals surface area contributed by atoms with Crippen LogP contribution >= 0.6 is 0 Å². The van der Waals surface area contributed by atoms with Crippen LogP contribution in [0, 0.1) is 5.92 Å². The molecule has 2 aromatic carbocycles. The van der Waals surface area contributed by atoms with Crippen LogP contribution < -0.4 is 10.1 Å². The number of esters is 1. The summed E-state index contributed by atoms with van der Waals surface area (Å²) < 4.78 is 49.1. The Balaban J connectivity index is 1.59. The van der Waals surface area contributed by atoms with Crippen molar-refractivity contribution in [3.05, 3.63) is 78.0 Å². The van der Waals surface area contributed by atoms with Crippen LogP contribution in [0.3, 0.4) is 0 Å². The largest absolute Gasteiger partial charge is 0.475 e. The molecule has 1 aromatic heterocycles. The Bertz CT molecular complexity index is 1060. The van der Waals surface area contributed by atoms with Crippen LogP contribution in [0.25, 0.3) is 11.1 Å². The van der Waals surface area contributed by atoms with Gasteiger partial charge in [0, 0.05) is 23.5 Å². The number of benzene rings is 2. The highest BCUT2D eigenvalue weighted by molar-refractivity contribution is 5.89. The van der Waals surface area contributed by atoms with Gasteiger partial charge in [0.15, 0.2) is 0 Å². The predicted octanol–water partition coefficient (Wildman–Crippen LogP) is 6.46. The zero-order valence-electron chi connectivity index (χ0n) is 19.2. The van der Waals surface area contributed by atoms with Gasteiger partial charge in [-0.05, 0) is 60.9 Å². The molecule has 0 radical (unpaired) electrons. The van der Waals surface area contributed by atoms with E-state index in [-0.39, 0.29) is 17.9 Å². The van der Waals surface area contributed by atoms with Crippen molar-refractivity contribution in [3.63, 3.8) is 0 Å². The van der Waals surface area contributed by atoms with Gasteiger partial charge in [-0.2, -0.15) is 13.2 Å². The Morgan fingerprint density at radius 3 is 2.15 bits per heavy atom. The van der Waals surface area contributed by atoms with E-state index in [1.54, 1.807) is 37.4 Å². The predicted molar refractivity (Wildman–Crippen MR) is 125 cm³/mol. The number of nitrogens with zero attached hydrogens (tertiary/aromatic N) is 1. The molecule has 3 aromatic rings. The fraction of sp³-hybridized carbons (Fsp3) is 0.308. The number of anilines is 1. The molecule has 5 nitrogen and oxygen atoms in total. The Hall–Kier alpha value is -3.55. The molecule has 0 saturated carbocycles. The molecule has 180 valence electrons. The zero-order valence-corrected chi connectivity index (χ0v) is 19.2. The number of carbonyl (C=O) groups excluding carboxylic acids is 1. The molecular formula is C26H27F3N2O3. The van der Waals surface area contributed by atoms with Crippen molar-refractivity contribution >= 4 is 11.7 Å². The molecule has 1 N–H and O–H groups in total. The fourth-order valence-corrected chi connectivity index (χ4v) is 3.20. The molecule has 0 aliphatic rings. The summed E-state index contributed by atoms with van der Waals surface area (Å²) in [7, 11) is 0. The molecule has 34 heavy (non-hydrogen) atoms. The second kappa shape index (κ2) is 11.0. The van der Waals surface area contributed by atoms with E-state index in [0.29, 0.717) is 35.8 Å². The maximum absolute atomic E-state index is 12.7. The number of aromatic nitrogens is 1. The number of hydrogen-bond acceptors (Lipinski definition) is 5. The summed E-state index contributed by atoms with van der Waals surface area (Å²) in [6.07, 6.45) is -2.79. The van der Waals surface area contributed by atoms with Crippen LogP contribution in [0.4, 0.5) is 18.9 Å². The second-order valence-corrected chi connectivity index (χ2v) is 8.06. The maximum Gasteiger partial charge on any atom is 0.416 e. The van der Waals surface area contributed by atoms with E-state index in [9.17, 15) is 18.0 Å². The van der Waals surface area contributed by atoms with Crippen molar-refractivity contribution < 1.29 is 27.4 Å². The number of rotatable bonds is 9. The van der Waals surface area contributed by atoms with Gasteiger partial charge in [0.1, 0.15) is 6.61 Å². The van der Waals surface area contributed by atoms with Crippen molar-refractivity contribution in [2.24, 2.45) is 5.92 Å². The quantitative estimate of drug-likeness (QED) is 0.362. The Morgan fingerprint density at radius 2 is 1.62 bits per heavy atom. The highest BCUT2D eigenvalue weighted by Gasteiger charge is 2.30. The topological polar surface area (TPSA) is 60.5 Å². The molecule has 0 aliphatic carbocycles. The maximum atomic E-state index is 12.7. The van der Waals surface area contributed by atoms with E-state index >= 15 is 0 Å². The second-order valence-electron chi connectivity index (χ2n) is 8.06. The summed E-state index contributed by atoms with van der Waals surface area (Å²) in [5, 5.41) is 3.40. The van der Waals surface area contributed by atoms with Crippen LogP contribution in [0.2, 0.25) is 0 Å². The summed E-state index contributed by atoms with van der Waals surface area (Å²) >= 11 is 0. The van der Waals surface area contributed by atoms with E-state index < -0.39 is 11.7 Å². The number of carbonyl (C=O) groups is 1. The van der Waals surface area contributed by atoms with E-state index in [4.69, 9.17) is 9.47 Å². The lowest BCUT2D eigenvalue weighted by atomic mass is 10.0. The first kappa shape index (κ1) is 25.1. The zero-order chi connectivity index (χ0) is 24.7. The van der Waals surface area contributed by atoms with Gasteiger partial charge >= 0.3 is 12.1 Å². The first-order chi connectivity index (χ1) is 16.2. The highest BCUT2D eigenvalue weighted by Crippen LogP contribution is 2.31. The molecule has 8 heteroatoms. The number of nitrogens with one attached hydrogen (secondary N) is 1. The average molecular weight is 473 g/mol. The van der Waals surface area contributed by atoms with E-state index in [1.807, 2.05) is 12.1 Å². The van der Waals surface area contributed by atoms with Gasteiger partial charge in [0.05, 0.1) is 23.8 Å². The summed E-state index contributed by atoms with van der Waals surface area (Å²) in [4.78, 5) is 16.1. The number of ether oxygens (including phenoxy) is 2. The minimum absolute atomic E-state index is 0.0233. The van der Waals surface area contributed by atoms with Gasteiger partial charge in [-0.25, -0.2) is 9.78 Å². The minimum atomic E-state index is -4.36. The third kappa shape index (κ3) is 6.73. The highest BCUT2D eigenvalue weighted by atomic mass is 19.4. The van der Waals surface area contributed by atoms with Crippen LogP contribution in [0.1, 0.15) is 36.7 Å². The molecule has 1 atom stereocenters. The first-order valence-electron chi connectivity index (χ1n) is 11.0. The summed E-state index contributed by atoms with van der Waals surface area (Å²) in [6, 6.07) is 15.4. The standard InChI is InChI=1S/C26H27F3N2O3/c1-4-33-25(32)19-7-12-22(13-8-19)31-23(17(2)3)16-34-24-14-9-20(15-30-24)18-5-10-21(11-6-18)26(27,28)29/h5-15,17,23,31H,4,16H2,1-3H3/t23-/m1/s1. The van der Waals surface area contributed by atoms with E-state index in [1.165, 1.54) is 12.1 Å². The molecule has 0 fully saturated rings. The van der Waals surface area contributed by atoms with Crippen LogP contribution in [-0.4, -0.2) is 30.2 Å². The molecule has 0 bridgehead atoms. The summed E-state index contributed by atoms with van der Waals surface area (Å²) in [5.41, 5.74) is 1.98. The van der Waals surface area contributed by atoms with Gasteiger partial charge in [-0.3, -0.25) is 0 Å². The number of halogens is 3. The molecule has 0 saturated heterocycles. The monoisotopic (exact) mass is 472 g/mol. The molecule has 0 unspecified atom stereocenters. The number of hydrogen-bond donors (Lipinski definition) is 1. The van der Waals surface area contributed by atoms with Crippen molar-refractivity contribution in [3.8, 4) is 17.0 Å². The molecule has 0 aliphatic heterocycles. The number of pyridine rings is 1. The van der Waals surface area contributed by atoms with Crippen LogP contribution in [0.5, 0.6) is 5.88 Å². The van der Waals surface area contributed by atoms with Crippen LogP contribution in [-0.2, 0) is 10.9 Å². The van der Waals surface area contributed by atoms with E-state index in [0.717, 1.165) is 17.8 Å². The third-order valence-corrected chi connectivity index (χ3v) is 5.25. The van der Waals surface area contributed by atoms with Crippen LogP contribution in [0.15, 0.2) is 66.9 Å². The Morgan fingerprint density at radius 1 is 0.971 bits per heavy atom. The smallest absolute Gasteiger partial charge is 0.416 e. The average Bonchev–Trinajstić information content (AvgIpc) is 2.82. The van der Waals surface area contributed by atoms with Gasteiger partial charge < -0.3 is 14.8 Å². The van der Waals surface area contributed by atoms with E-state index in [2.05, 4.69) is 24.1 Å². The summed E-state index contributed by atoms with van der Waals surface area (Å²) in [6.45, 7) is 6.57. The molecule has 0 amide bonds. The van der Waals surface area contributed by atoms with Gasteiger partial charge in [0.25, 0.3) is 0 Å². The molecular weight excluding hydrogens is 445 g/mol. The Kier molecular flexibility index (Phi) is 8.15. The SMILES string of the molecule is CCOC(=O)c1ccc(N[C@H](COc2ccc(-c3ccc(C(F)(F)F)cc3)cn2)C(C)C)cc1. The van der Waals surface area contributed by atoms with Crippen molar-refractivity contribution in [1.29, 1.82) is 0 Å². The molecule has 0 spiro atoms. The van der Waals surface area contributed by atoms with Gasteiger partial charge in [-0.1, -0.05) is 26.0 Å². The first-order valence-corrected chi connectivity index (χ1v) is 11.0. The molecule has 3 rings (SSSR count). The van der Waals surface area contributed by atoms with Crippen molar-refractivity contribution in [2.75, 3.05) is 18.5 Å². The van der Waals surface area contributed by atoms with Crippen molar-refractivity contribution in [2.45, 2.75) is 33.0 Å². The minimum Gasteiger partial charge on any atom is -0.475 e. The lowest BCUT2D eigenvalue weighted by Gasteiger charge is -2.23. The van der Waals surface area contributed by atoms with Gasteiger partial charge in [-0.15, -0.1) is 0 Å². The molecule has 1 heterocycles. The lowest BCUT2D eigenvalue weighted by molar-refractivity contribution is -0.137. The summed E-state index contributed by atoms with van der Waals surface area (Å²) in [5.74, 6) is 0.306. The fourth-order valence-electron chi connectivity index (χ4n) is 3.20. The lowest BCUT2D eigenvalue weighted by Crippen LogP contribution is -2.32. The van der Waals surface area contributed by atoms with Crippen molar-refractivity contribution in [1.82, 2.24) is 4.98 Å². The van der Waals surface area contributed by atoms with Gasteiger partial charge in [0.2, 0.25) is 5.88 Å². The normalized spacial score (nSPS) is 12.3. The number of alkyl halides is 3.